The van der Waals surface area contributed by atoms with E-state index in [1.54, 1.807) is 0 Å². The van der Waals surface area contributed by atoms with Crippen LogP contribution in [0.2, 0.25) is 0 Å². The second-order valence-corrected chi connectivity index (χ2v) is 5.22. The zero-order valence-corrected chi connectivity index (χ0v) is 11.5. The van der Waals surface area contributed by atoms with E-state index in [9.17, 15) is 5.11 Å². The van der Waals surface area contributed by atoms with Gasteiger partial charge in [-0.2, -0.15) is 0 Å². The van der Waals surface area contributed by atoms with Crippen molar-refractivity contribution in [3.8, 4) is 0 Å². The van der Waals surface area contributed by atoms with E-state index in [4.69, 9.17) is 0 Å². The standard InChI is InChI=1S/C14H23N3O/c1-10-4-5-17(13(10)9-18)14-11(2)6-12(7-15-3)8-16-14/h6,8,10,13,15,18H,4-5,7,9H2,1-3H3. The molecule has 4 heteroatoms. The maximum absolute atomic E-state index is 9.52. The summed E-state index contributed by atoms with van der Waals surface area (Å²) in [6.07, 6.45) is 3.06. The number of nitrogens with zero attached hydrogens (tertiary/aromatic N) is 2. The summed E-state index contributed by atoms with van der Waals surface area (Å²) in [7, 11) is 1.94. The molecule has 1 fully saturated rings. The van der Waals surface area contributed by atoms with Gasteiger partial charge in [-0.1, -0.05) is 6.92 Å². The minimum absolute atomic E-state index is 0.209. The molecule has 4 nitrogen and oxygen atoms in total. The largest absolute Gasteiger partial charge is 0.394 e. The highest BCUT2D eigenvalue weighted by Crippen LogP contribution is 2.30. The lowest BCUT2D eigenvalue weighted by molar-refractivity contribution is 0.244. The van der Waals surface area contributed by atoms with E-state index in [-0.39, 0.29) is 12.6 Å². The van der Waals surface area contributed by atoms with Gasteiger partial charge in [0.05, 0.1) is 12.6 Å². The fourth-order valence-corrected chi connectivity index (χ4v) is 2.78. The van der Waals surface area contributed by atoms with Gasteiger partial charge in [0.2, 0.25) is 0 Å². The molecule has 2 N–H and O–H groups in total. The Hall–Kier alpha value is -1.13. The number of nitrogens with one attached hydrogen (secondary N) is 1. The Labute approximate surface area is 109 Å². The summed E-state index contributed by atoms with van der Waals surface area (Å²) in [4.78, 5) is 6.84. The third-order valence-electron chi connectivity index (χ3n) is 3.83. The van der Waals surface area contributed by atoms with Gasteiger partial charge in [0.15, 0.2) is 0 Å². The second-order valence-electron chi connectivity index (χ2n) is 5.22. The van der Waals surface area contributed by atoms with Crippen molar-refractivity contribution in [3.05, 3.63) is 23.4 Å². The number of aromatic nitrogens is 1. The van der Waals surface area contributed by atoms with Crippen LogP contribution in [0, 0.1) is 12.8 Å². The topological polar surface area (TPSA) is 48.4 Å². The van der Waals surface area contributed by atoms with Crippen molar-refractivity contribution in [1.29, 1.82) is 0 Å². The molecule has 1 aromatic heterocycles. The van der Waals surface area contributed by atoms with Crippen molar-refractivity contribution in [3.63, 3.8) is 0 Å². The van der Waals surface area contributed by atoms with Gasteiger partial charge in [-0.25, -0.2) is 4.98 Å². The highest BCUT2D eigenvalue weighted by Gasteiger charge is 2.32. The Kier molecular flexibility index (Phi) is 4.19. The van der Waals surface area contributed by atoms with Crippen LogP contribution >= 0.6 is 0 Å². The lowest BCUT2D eigenvalue weighted by Crippen LogP contribution is -2.36. The summed E-state index contributed by atoms with van der Waals surface area (Å²) in [6, 6.07) is 2.39. The summed E-state index contributed by atoms with van der Waals surface area (Å²) < 4.78 is 0. The lowest BCUT2D eigenvalue weighted by atomic mass is 10.0. The van der Waals surface area contributed by atoms with Crippen molar-refractivity contribution >= 4 is 5.82 Å². The number of aryl methyl sites for hydroxylation is 1. The van der Waals surface area contributed by atoms with E-state index in [0.29, 0.717) is 5.92 Å². The molecule has 2 heterocycles. The highest BCUT2D eigenvalue weighted by atomic mass is 16.3. The number of pyridine rings is 1. The van der Waals surface area contributed by atoms with Crippen LogP contribution < -0.4 is 10.2 Å². The van der Waals surface area contributed by atoms with Crippen molar-refractivity contribution < 1.29 is 5.11 Å². The maximum Gasteiger partial charge on any atom is 0.131 e. The number of rotatable bonds is 4. The molecule has 0 amide bonds. The average molecular weight is 249 g/mol. The van der Waals surface area contributed by atoms with Gasteiger partial charge < -0.3 is 15.3 Å². The average Bonchev–Trinajstić information content (AvgIpc) is 2.71. The Bertz CT molecular complexity index is 408. The van der Waals surface area contributed by atoms with Gasteiger partial charge in [-0.15, -0.1) is 0 Å². The molecule has 2 rings (SSSR count). The van der Waals surface area contributed by atoms with Gasteiger partial charge in [-0.05, 0) is 43.5 Å². The van der Waals surface area contributed by atoms with E-state index < -0.39 is 0 Å². The van der Waals surface area contributed by atoms with Crippen molar-refractivity contribution in [2.75, 3.05) is 25.1 Å². The van der Waals surface area contributed by atoms with Gasteiger partial charge in [0, 0.05) is 19.3 Å². The normalized spacial score (nSPS) is 23.7. The van der Waals surface area contributed by atoms with E-state index >= 15 is 0 Å². The van der Waals surface area contributed by atoms with E-state index in [0.717, 1.165) is 25.3 Å². The summed E-state index contributed by atoms with van der Waals surface area (Å²) in [5, 5.41) is 12.7. The first-order valence-corrected chi connectivity index (χ1v) is 6.65. The lowest BCUT2D eigenvalue weighted by Gasteiger charge is -2.27. The minimum Gasteiger partial charge on any atom is -0.394 e. The molecule has 0 aromatic carbocycles. The quantitative estimate of drug-likeness (QED) is 0.845. The fraction of sp³-hybridized carbons (Fsp3) is 0.643. The molecule has 1 aliphatic heterocycles. The SMILES string of the molecule is CNCc1cnc(N2CCC(C)C2CO)c(C)c1. The smallest absolute Gasteiger partial charge is 0.131 e. The molecule has 2 unspecified atom stereocenters. The first-order chi connectivity index (χ1) is 8.67. The van der Waals surface area contributed by atoms with Gasteiger partial charge in [0.1, 0.15) is 5.82 Å². The van der Waals surface area contributed by atoms with Crippen LogP contribution in [0.1, 0.15) is 24.5 Å². The highest BCUT2D eigenvalue weighted by molar-refractivity contribution is 5.49. The summed E-state index contributed by atoms with van der Waals surface area (Å²) in [6.45, 7) is 6.34. The first kappa shape index (κ1) is 13.3. The molecule has 18 heavy (non-hydrogen) atoms. The van der Waals surface area contributed by atoms with Crippen LogP contribution in [0.5, 0.6) is 0 Å². The molecule has 0 bridgehead atoms. The predicted octanol–water partition coefficient (Wildman–Crippen LogP) is 1.32. The van der Waals surface area contributed by atoms with Crippen LogP contribution in [0.25, 0.3) is 0 Å². The van der Waals surface area contributed by atoms with E-state index in [1.807, 2.05) is 13.2 Å². The Morgan fingerprint density at radius 1 is 1.56 bits per heavy atom. The molecule has 1 aliphatic rings. The predicted molar refractivity (Wildman–Crippen MR) is 73.7 cm³/mol. The molecule has 100 valence electrons. The molecule has 0 spiro atoms. The van der Waals surface area contributed by atoms with Gasteiger partial charge in [-0.3, -0.25) is 0 Å². The number of hydrogen-bond donors (Lipinski definition) is 2. The van der Waals surface area contributed by atoms with Crippen LogP contribution in [0.15, 0.2) is 12.3 Å². The Morgan fingerprint density at radius 2 is 2.33 bits per heavy atom. The second kappa shape index (κ2) is 5.67. The van der Waals surface area contributed by atoms with Crippen molar-refractivity contribution in [1.82, 2.24) is 10.3 Å². The first-order valence-electron chi connectivity index (χ1n) is 6.65. The number of anilines is 1. The molecular weight excluding hydrogens is 226 g/mol. The van der Waals surface area contributed by atoms with E-state index in [2.05, 4.69) is 35.1 Å². The third kappa shape index (κ3) is 2.49. The number of aliphatic hydroxyl groups excluding tert-OH is 1. The molecule has 1 aromatic rings. The Balaban J connectivity index is 2.23. The Morgan fingerprint density at radius 3 is 2.94 bits per heavy atom. The number of hydrogen-bond acceptors (Lipinski definition) is 4. The zero-order valence-electron chi connectivity index (χ0n) is 11.5. The monoisotopic (exact) mass is 249 g/mol. The van der Waals surface area contributed by atoms with Gasteiger partial charge >= 0.3 is 0 Å². The molecule has 0 radical (unpaired) electrons. The zero-order chi connectivity index (χ0) is 13.1. The minimum atomic E-state index is 0.209. The van der Waals surface area contributed by atoms with Crippen LogP contribution in [-0.2, 0) is 6.54 Å². The molecule has 2 atom stereocenters. The molecule has 0 saturated carbocycles. The third-order valence-corrected chi connectivity index (χ3v) is 3.83. The molecule has 0 aliphatic carbocycles. The van der Waals surface area contributed by atoms with Crippen LogP contribution in [0.4, 0.5) is 5.82 Å². The van der Waals surface area contributed by atoms with Gasteiger partial charge in [0.25, 0.3) is 0 Å². The van der Waals surface area contributed by atoms with Crippen LogP contribution in [-0.4, -0.2) is 36.3 Å². The molecule has 1 saturated heterocycles. The van der Waals surface area contributed by atoms with Crippen LogP contribution in [0.3, 0.4) is 0 Å². The summed E-state index contributed by atoms with van der Waals surface area (Å²) >= 11 is 0. The maximum atomic E-state index is 9.52. The van der Waals surface area contributed by atoms with Crippen molar-refractivity contribution in [2.45, 2.75) is 32.9 Å². The molecular formula is C14H23N3O. The summed E-state index contributed by atoms with van der Waals surface area (Å²) in [5.74, 6) is 1.56. The number of aliphatic hydroxyl groups is 1. The van der Waals surface area contributed by atoms with E-state index in [1.165, 1.54) is 11.1 Å². The fourth-order valence-electron chi connectivity index (χ4n) is 2.78. The summed E-state index contributed by atoms with van der Waals surface area (Å²) in [5.41, 5.74) is 2.39. The van der Waals surface area contributed by atoms with Crippen molar-refractivity contribution in [2.24, 2.45) is 5.92 Å².